The van der Waals surface area contributed by atoms with E-state index in [1.54, 1.807) is 23.9 Å². The van der Waals surface area contributed by atoms with E-state index in [-0.39, 0.29) is 5.75 Å². The molecule has 3 rings (SSSR count). The van der Waals surface area contributed by atoms with E-state index in [0.717, 1.165) is 17.1 Å². The van der Waals surface area contributed by atoms with Gasteiger partial charge in [0.25, 0.3) is 0 Å². The molecule has 1 aromatic heterocycles. The molecule has 0 radical (unpaired) electrons. The second-order valence-electron chi connectivity index (χ2n) is 7.09. The third kappa shape index (κ3) is 7.03. The Labute approximate surface area is 189 Å². The van der Waals surface area contributed by atoms with Crippen LogP contribution < -0.4 is 15.4 Å². The number of alkyl halides is 3. The molecule has 1 heterocycles. The number of para-hydroxylation sites is 1. The fourth-order valence-corrected chi connectivity index (χ4v) is 3.42. The van der Waals surface area contributed by atoms with Crippen LogP contribution in [0.25, 0.3) is 11.3 Å². The average Bonchev–Trinajstić information content (AvgIpc) is 2.73. The van der Waals surface area contributed by atoms with Crippen LogP contribution in [-0.4, -0.2) is 54.7 Å². The van der Waals surface area contributed by atoms with Gasteiger partial charge in [0.2, 0.25) is 5.95 Å². The number of halogens is 3. The second-order valence-corrected chi connectivity index (χ2v) is 7.94. The van der Waals surface area contributed by atoms with E-state index in [1.165, 1.54) is 18.2 Å². The lowest BCUT2D eigenvalue weighted by Gasteiger charge is -2.15. The summed E-state index contributed by atoms with van der Waals surface area (Å²) in [7, 11) is 3.91. The molecular formula is C22H24F3N5OS. The third-order valence-corrected chi connectivity index (χ3v) is 5.10. The Bertz CT molecular complexity index is 1050. The molecule has 0 saturated heterocycles. The number of thioether (sulfide) groups is 1. The number of rotatable bonds is 9. The minimum atomic E-state index is -4.77. The Kier molecular flexibility index (Phi) is 7.81. The average molecular weight is 464 g/mol. The third-order valence-electron chi connectivity index (χ3n) is 4.30. The predicted octanol–water partition coefficient (Wildman–Crippen LogP) is 5.48. The van der Waals surface area contributed by atoms with Gasteiger partial charge in [0.1, 0.15) is 11.6 Å². The van der Waals surface area contributed by atoms with Gasteiger partial charge in [0, 0.05) is 29.6 Å². The molecule has 0 bridgehead atoms. The first-order chi connectivity index (χ1) is 15.2. The maximum Gasteiger partial charge on any atom is 0.573 e. The molecule has 3 aromatic rings. The molecule has 6 nitrogen and oxygen atoms in total. The van der Waals surface area contributed by atoms with Crippen LogP contribution in [0.2, 0.25) is 0 Å². The highest BCUT2D eigenvalue weighted by molar-refractivity contribution is 7.98. The molecule has 0 spiro atoms. The first kappa shape index (κ1) is 23.7. The van der Waals surface area contributed by atoms with Gasteiger partial charge in [-0.05, 0) is 44.6 Å². The number of benzene rings is 2. The summed E-state index contributed by atoms with van der Waals surface area (Å²) in [5.41, 5.74) is 1.81. The molecule has 0 aliphatic carbocycles. The highest BCUT2D eigenvalue weighted by Gasteiger charge is 2.31. The van der Waals surface area contributed by atoms with Crippen LogP contribution in [0.15, 0.2) is 59.5 Å². The number of ether oxygens (including phenoxy) is 1. The summed E-state index contributed by atoms with van der Waals surface area (Å²) in [6, 6.07) is 15.2. The molecule has 2 aromatic carbocycles. The van der Waals surface area contributed by atoms with Crippen LogP contribution in [0.5, 0.6) is 5.75 Å². The summed E-state index contributed by atoms with van der Waals surface area (Å²) >= 11 is 1.59. The maximum atomic E-state index is 12.6. The summed E-state index contributed by atoms with van der Waals surface area (Å²) in [5.74, 6) is 0.583. The van der Waals surface area contributed by atoms with Crippen molar-refractivity contribution in [2.45, 2.75) is 11.3 Å². The molecule has 0 atom stereocenters. The van der Waals surface area contributed by atoms with Crippen molar-refractivity contribution in [2.75, 3.05) is 44.1 Å². The van der Waals surface area contributed by atoms with E-state index < -0.39 is 6.36 Å². The topological polar surface area (TPSA) is 62.3 Å². The molecule has 32 heavy (non-hydrogen) atoms. The lowest BCUT2D eigenvalue weighted by molar-refractivity contribution is -0.274. The molecule has 0 saturated carbocycles. The first-order valence-corrected chi connectivity index (χ1v) is 11.0. The number of hydrogen-bond acceptors (Lipinski definition) is 7. The molecule has 10 heteroatoms. The van der Waals surface area contributed by atoms with Crippen LogP contribution in [-0.2, 0) is 0 Å². The number of nitrogens with one attached hydrogen (secondary N) is 2. The van der Waals surface area contributed by atoms with Crippen LogP contribution in [0.4, 0.5) is 30.6 Å². The first-order valence-electron chi connectivity index (χ1n) is 9.77. The highest BCUT2D eigenvalue weighted by Crippen LogP contribution is 2.31. The Balaban J connectivity index is 1.96. The van der Waals surface area contributed by atoms with Gasteiger partial charge in [-0.1, -0.05) is 24.3 Å². The molecule has 0 aliphatic heterocycles. The van der Waals surface area contributed by atoms with E-state index in [0.29, 0.717) is 29.6 Å². The van der Waals surface area contributed by atoms with Gasteiger partial charge in [0.05, 0.1) is 11.4 Å². The summed E-state index contributed by atoms with van der Waals surface area (Å²) in [4.78, 5) is 12.1. The van der Waals surface area contributed by atoms with Crippen LogP contribution >= 0.6 is 11.8 Å². The molecule has 0 unspecified atom stereocenters. The van der Waals surface area contributed by atoms with Gasteiger partial charge in [-0.25, -0.2) is 4.98 Å². The Morgan fingerprint density at radius 3 is 2.53 bits per heavy atom. The van der Waals surface area contributed by atoms with E-state index >= 15 is 0 Å². The van der Waals surface area contributed by atoms with Crippen molar-refractivity contribution in [1.82, 2.24) is 14.9 Å². The van der Waals surface area contributed by atoms with E-state index in [2.05, 4.69) is 25.3 Å². The minimum Gasteiger partial charge on any atom is -0.406 e. The Morgan fingerprint density at radius 1 is 1.03 bits per heavy atom. The molecule has 0 amide bonds. The van der Waals surface area contributed by atoms with Crippen molar-refractivity contribution in [2.24, 2.45) is 0 Å². The van der Waals surface area contributed by atoms with E-state index in [1.807, 2.05) is 49.5 Å². The summed E-state index contributed by atoms with van der Waals surface area (Å²) in [5, 5.41) is 6.47. The lowest BCUT2D eigenvalue weighted by Crippen LogP contribution is -2.21. The van der Waals surface area contributed by atoms with Gasteiger partial charge < -0.3 is 20.3 Å². The number of aromatic nitrogens is 2. The van der Waals surface area contributed by atoms with Crippen molar-refractivity contribution in [3.05, 3.63) is 54.6 Å². The van der Waals surface area contributed by atoms with Gasteiger partial charge in [-0.3, -0.25) is 0 Å². The number of likely N-dealkylation sites (N-methyl/N-ethyl adjacent to an activating group) is 1. The van der Waals surface area contributed by atoms with E-state index in [9.17, 15) is 13.2 Å². The zero-order valence-electron chi connectivity index (χ0n) is 17.9. The van der Waals surface area contributed by atoms with Crippen molar-refractivity contribution in [3.8, 4) is 17.0 Å². The molecule has 0 aliphatic rings. The molecule has 0 fully saturated rings. The SMILES string of the molecule is CSc1ccccc1Nc1cc(-c2cccc(OC(F)(F)F)c2)nc(NCCN(C)C)n1. The quantitative estimate of drug-likeness (QED) is 0.408. The monoisotopic (exact) mass is 463 g/mol. The minimum absolute atomic E-state index is 0.307. The predicted molar refractivity (Wildman–Crippen MR) is 123 cm³/mol. The largest absolute Gasteiger partial charge is 0.573 e. The number of anilines is 3. The summed E-state index contributed by atoms with van der Waals surface area (Å²) < 4.78 is 42.0. The van der Waals surface area contributed by atoms with E-state index in [4.69, 9.17) is 0 Å². The fraction of sp³-hybridized carbons (Fsp3) is 0.273. The Morgan fingerprint density at radius 2 is 1.81 bits per heavy atom. The molecule has 170 valence electrons. The van der Waals surface area contributed by atoms with Gasteiger partial charge in [-0.2, -0.15) is 4.98 Å². The van der Waals surface area contributed by atoms with Crippen molar-refractivity contribution in [1.29, 1.82) is 0 Å². The van der Waals surface area contributed by atoms with Gasteiger partial charge >= 0.3 is 6.36 Å². The van der Waals surface area contributed by atoms with Crippen LogP contribution in [0, 0.1) is 0 Å². The van der Waals surface area contributed by atoms with Gasteiger partial charge in [-0.15, -0.1) is 24.9 Å². The van der Waals surface area contributed by atoms with Crippen molar-refractivity contribution in [3.63, 3.8) is 0 Å². The lowest BCUT2D eigenvalue weighted by atomic mass is 10.1. The number of nitrogens with zero attached hydrogens (tertiary/aromatic N) is 3. The summed E-state index contributed by atoms with van der Waals surface area (Å²) in [6.45, 7) is 1.37. The maximum absolute atomic E-state index is 12.6. The standard InChI is InChI=1S/C22H24F3N5OS/c1-30(2)12-11-26-21-28-18(15-7-6-8-16(13-15)31-22(23,24)25)14-20(29-21)27-17-9-4-5-10-19(17)32-3/h4-10,13-14H,11-12H2,1-3H3,(H2,26,27,28,29). The normalized spacial score (nSPS) is 11.5. The van der Waals surface area contributed by atoms with Crippen LogP contribution in [0.3, 0.4) is 0 Å². The Hall–Kier alpha value is -2.98. The molecule has 2 N–H and O–H groups in total. The molecular weight excluding hydrogens is 439 g/mol. The summed E-state index contributed by atoms with van der Waals surface area (Å²) in [6.07, 6.45) is -2.79. The fourth-order valence-electron chi connectivity index (χ4n) is 2.87. The van der Waals surface area contributed by atoms with Gasteiger partial charge in [0.15, 0.2) is 0 Å². The van der Waals surface area contributed by atoms with Crippen LogP contribution in [0.1, 0.15) is 0 Å². The smallest absolute Gasteiger partial charge is 0.406 e. The highest BCUT2D eigenvalue weighted by atomic mass is 32.2. The zero-order valence-corrected chi connectivity index (χ0v) is 18.7. The second kappa shape index (κ2) is 10.6. The zero-order chi connectivity index (χ0) is 23.1. The number of hydrogen-bond donors (Lipinski definition) is 2. The van der Waals surface area contributed by atoms with Crippen molar-refractivity contribution < 1.29 is 17.9 Å². The van der Waals surface area contributed by atoms with Crippen molar-refractivity contribution >= 4 is 29.2 Å².